The number of hydrogen-bond donors (Lipinski definition) is 1. The molecule has 1 aliphatic heterocycles. The zero-order valence-corrected chi connectivity index (χ0v) is 20.9. The van der Waals surface area contributed by atoms with E-state index in [2.05, 4.69) is 0 Å². The normalized spacial score (nSPS) is 24.9. The predicted octanol–water partition coefficient (Wildman–Crippen LogP) is 4.74. The van der Waals surface area contributed by atoms with E-state index in [1.807, 2.05) is 91.0 Å². The molecule has 3 aromatic carbocycles. The van der Waals surface area contributed by atoms with Gasteiger partial charge in [-0.15, -0.1) is 0 Å². The maximum atomic E-state index is 10.9. The molecule has 3 aromatic rings. The van der Waals surface area contributed by atoms with Crippen molar-refractivity contribution in [3.63, 3.8) is 0 Å². The molecule has 6 atom stereocenters. The lowest BCUT2D eigenvalue weighted by molar-refractivity contribution is -0.314. The first-order valence-electron chi connectivity index (χ1n) is 12.4. The molecule has 0 radical (unpaired) electrons. The Morgan fingerprint density at radius 1 is 0.722 bits per heavy atom. The van der Waals surface area contributed by atoms with Gasteiger partial charge in [-0.3, -0.25) is 0 Å². The van der Waals surface area contributed by atoms with Crippen LogP contribution in [0.5, 0.6) is 0 Å². The van der Waals surface area contributed by atoms with Gasteiger partial charge >= 0.3 is 0 Å². The van der Waals surface area contributed by atoms with Gasteiger partial charge in [0, 0.05) is 13.0 Å². The van der Waals surface area contributed by atoms with Crippen LogP contribution in [0.1, 0.15) is 23.6 Å². The molecule has 36 heavy (non-hydrogen) atoms. The van der Waals surface area contributed by atoms with E-state index in [0.717, 1.165) is 16.7 Å². The average Bonchev–Trinajstić information content (AvgIpc) is 2.92. The zero-order valence-electron chi connectivity index (χ0n) is 20.9. The topological polar surface area (TPSA) is 66.4 Å². The van der Waals surface area contributed by atoms with Gasteiger partial charge in [-0.2, -0.15) is 0 Å². The fourth-order valence-electron chi connectivity index (χ4n) is 4.63. The molecule has 1 aliphatic rings. The van der Waals surface area contributed by atoms with E-state index >= 15 is 0 Å². The van der Waals surface area contributed by atoms with Gasteiger partial charge in [0.05, 0.1) is 44.7 Å². The molecule has 1 fully saturated rings. The van der Waals surface area contributed by atoms with Crippen LogP contribution in [0.25, 0.3) is 0 Å². The number of ether oxygens (including phenoxy) is 5. The van der Waals surface area contributed by atoms with Crippen LogP contribution in [0.2, 0.25) is 0 Å². The lowest BCUT2D eigenvalue weighted by Gasteiger charge is -2.47. The summed E-state index contributed by atoms with van der Waals surface area (Å²) in [6.45, 7) is 3.27. The van der Waals surface area contributed by atoms with E-state index in [4.69, 9.17) is 23.7 Å². The second-order valence-electron chi connectivity index (χ2n) is 9.12. The number of aliphatic hydroxyl groups excluding tert-OH is 1. The van der Waals surface area contributed by atoms with Gasteiger partial charge in [-0.25, -0.2) is 0 Å². The Kier molecular flexibility index (Phi) is 10.0. The minimum Gasteiger partial charge on any atom is -0.393 e. The minimum atomic E-state index is -0.711. The molecule has 6 nitrogen and oxygen atoms in total. The molecule has 1 heterocycles. The van der Waals surface area contributed by atoms with Crippen molar-refractivity contribution in [1.82, 2.24) is 0 Å². The van der Waals surface area contributed by atoms with Crippen molar-refractivity contribution in [2.75, 3.05) is 13.7 Å². The van der Waals surface area contributed by atoms with Crippen molar-refractivity contribution in [3.8, 4) is 0 Å². The largest absolute Gasteiger partial charge is 0.393 e. The standard InChI is InChI=1S/C30H36O6/c1-22(31)27-26(21-33-18-23-12-6-3-7-13-23)36-30(32-2)29(35-20-25-16-10-5-11-17-25)28(27)34-19-24-14-8-4-9-15-24/h3-17,22,26-31H,18-21H2,1-2H3/t22-,26+,27+,28-,29+,30-/m0/s1. The van der Waals surface area contributed by atoms with Crippen LogP contribution in [0, 0.1) is 5.92 Å². The molecule has 0 saturated carbocycles. The SMILES string of the molecule is CO[C@H]1O[C@H](COCc2ccccc2)[C@@H]([C@H](C)O)[C@H](OCc2ccccc2)[C@H]1OCc1ccccc1. The maximum absolute atomic E-state index is 10.9. The van der Waals surface area contributed by atoms with Crippen LogP contribution < -0.4 is 0 Å². The molecule has 0 unspecified atom stereocenters. The van der Waals surface area contributed by atoms with Crippen LogP contribution in [0.15, 0.2) is 91.0 Å². The Bertz CT molecular complexity index is 998. The second kappa shape index (κ2) is 13.7. The van der Waals surface area contributed by atoms with Crippen molar-refractivity contribution in [3.05, 3.63) is 108 Å². The highest BCUT2D eigenvalue weighted by atomic mass is 16.7. The molecule has 0 amide bonds. The summed E-state index contributed by atoms with van der Waals surface area (Å²) in [7, 11) is 1.60. The molecular weight excluding hydrogens is 456 g/mol. The monoisotopic (exact) mass is 492 g/mol. The summed E-state index contributed by atoms with van der Waals surface area (Å²) in [5.41, 5.74) is 3.16. The number of hydrogen-bond acceptors (Lipinski definition) is 6. The van der Waals surface area contributed by atoms with Crippen LogP contribution in [-0.2, 0) is 43.5 Å². The highest BCUT2D eigenvalue weighted by molar-refractivity contribution is 5.15. The number of aliphatic hydroxyl groups is 1. The van der Waals surface area contributed by atoms with E-state index < -0.39 is 30.7 Å². The fourth-order valence-corrected chi connectivity index (χ4v) is 4.63. The summed E-state index contributed by atoms with van der Waals surface area (Å²) in [6, 6.07) is 29.9. The van der Waals surface area contributed by atoms with Crippen LogP contribution in [-0.4, -0.2) is 49.5 Å². The van der Waals surface area contributed by atoms with Gasteiger partial charge in [0.1, 0.15) is 6.10 Å². The highest BCUT2D eigenvalue weighted by Crippen LogP contribution is 2.34. The third-order valence-corrected chi connectivity index (χ3v) is 6.46. The molecular formula is C30H36O6. The summed E-state index contributed by atoms with van der Waals surface area (Å²) in [4.78, 5) is 0. The summed E-state index contributed by atoms with van der Waals surface area (Å²) < 4.78 is 30.9. The van der Waals surface area contributed by atoms with E-state index in [1.54, 1.807) is 14.0 Å². The maximum Gasteiger partial charge on any atom is 0.186 e. The number of methoxy groups -OCH3 is 1. The minimum absolute atomic E-state index is 0.293. The summed E-state index contributed by atoms with van der Waals surface area (Å²) in [5, 5.41) is 10.9. The van der Waals surface area contributed by atoms with E-state index in [1.165, 1.54) is 0 Å². The second-order valence-corrected chi connectivity index (χ2v) is 9.12. The quantitative estimate of drug-likeness (QED) is 0.394. The summed E-state index contributed by atoms with van der Waals surface area (Å²) in [6.07, 6.45) is -2.83. The molecule has 0 aromatic heterocycles. The lowest BCUT2D eigenvalue weighted by atomic mass is 9.85. The van der Waals surface area contributed by atoms with Gasteiger partial charge in [0.2, 0.25) is 0 Å². The first kappa shape index (κ1) is 26.5. The van der Waals surface area contributed by atoms with E-state index in [9.17, 15) is 5.11 Å². The van der Waals surface area contributed by atoms with Crippen molar-refractivity contribution < 1.29 is 28.8 Å². The fraction of sp³-hybridized carbons (Fsp3) is 0.400. The molecule has 0 spiro atoms. The molecule has 1 N–H and O–H groups in total. The highest BCUT2D eigenvalue weighted by Gasteiger charge is 2.49. The van der Waals surface area contributed by atoms with Crippen molar-refractivity contribution in [2.24, 2.45) is 5.92 Å². The molecule has 0 bridgehead atoms. The van der Waals surface area contributed by atoms with Crippen LogP contribution in [0.3, 0.4) is 0 Å². The smallest absolute Gasteiger partial charge is 0.186 e. The summed E-state index contributed by atoms with van der Waals surface area (Å²) >= 11 is 0. The van der Waals surface area contributed by atoms with Crippen molar-refractivity contribution >= 4 is 0 Å². The van der Waals surface area contributed by atoms with Gasteiger partial charge in [-0.05, 0) is 23.6 Å². The number of benzene rings is 3. The van der Waals surface area contributed by atoms with E-state index in [-0.39, 0.29) is 5.92 Å². The zero-order chi connectivity index (χ0) is 25.2. The Balaban J connectivity index is 1.52. The van der Waals surface area contributed by atoms with Crippen LogP contribution in [0.4, 0.5) is 0 Å². The summed E-state index contributed by atoms with van der Waals surface area (Å²) in [5.74, 6) is -0.378. The first-order valence-corrected chi connectivity index (χ1v) is 12.4. The van der Waals surface area contributed by atoms with Gasteiger partial charge in [0.15, 0.2) is 6.29 Å². The Morgan fingerprint density at radius 2 is 1.19 bits per heavy atom. The third-order valence-electron chi connectivity index (χ3n) is 6.46. The Labute approximate surface area is 213 Å². The molecule has 6 heteroatoms. The molecule has 1 saturated heterocycles. The van der Waals surface area contributed by atoms with Crippen LogP contribution >= 0.6 is 0 Å². The van der Waals surface area contributed by atoms with Gasteiger partial charge < -0.3 is 28.8 Å². The lowest BCUT2D eigenvalue weighted by Crippen LogP contribution is -2.60. The Hall–Kier alpha value is -2.58. The first-order chi connectivity index (χ1) is 17.7. The van der Waals surface area contributed by atoms with Crippen molar-refractivity contribution in [2.45, 2.75) is 57.5 Å². The van der Waals surface area contributed by atoms with Gasteiger partial charge in [-0.1, -0.05) is 91.0 Å². The predicted molar refractivity (Wildman–Crippen MR) is 137 cm³/mol. The van der Waals surface area contributed by atoms with E-state index in [0.29, 0.717) is 26.4 Å². The molecule has 0 aliphatic carbocycles. The van der Waals surface area contributed by atoms with Gasteiger partial charge in [0.25, 0.3) is 0 Å². The molecule has 192 valence electrons. The van der Waals surface area contributed by atoms with Crippen molar-refractivity contribution in [1.29, 1.82) is 0 Å². The Morgan fingerprint density at radius 3 is 1.67 bits per heavy atom. The number of rotatable bonds is 12. The molecule has 4 rings (SSSR count). The third kappa shape index (κ3) is 7.23. The average molecular weight is 493 g/mol.